The summed E-state index contributed by atoms with van der Waals surface area (Å²) in [5, 5.41) is 8.84. The number of hydrogen-bond acceptors (Lipinski definition) is 3. The Morgan fingerprint density at radius 3 is 2.62 bits per heavy atom. The molecule has 0 radical (unpaired) electrons. The van der Waals surface area contributed by atoms with Gasteiger partial charge in [-0.05, 0) is 73.8 Å². The fourth-order valence-corrected chi connectivity index (χ4v) is 3.03. The van der Waals surface area contributed by atoms with Crippen LogP contribution < -0.4 is 0 Å². The van der Waals surface area contributed by atoms with Crippen molar-refractivity contribution in [2.75, 3.05) is 0 Å². The quantitative estimate of drug-likeness (QED) is 0.406. The van der Waals surface area contributed by atoms with Crippen molar-refractivity contribution in [2.24, 2.45) is 0 Å². The normalized spacial score (nSPS) is 10.7. The van der Waals surface area contributed by atoms with E-state index in [1.807, 2.05) is 6.07 Å². The molecule has 0 aliphatic rings. The van der Waals surface area contributed by atoms with Crippen molar-refractivity contribution < 1.29 is 0 Å². The minimum Gasteiger partial charge on any atom is -0.219 e. The molecule has 0 amide bonds. The van der Waals surface area contributed by atoms with Crippen LogP contribution in [0.25, 0.3) is 11.0 Å². The van der Waals surface area contributed by atoms with Crippen LogP contribution in [0, 0.1) is 10.8 Å². The van der Waals surface area contributed by atoms with E-state index in [0.29, 0.717) is 0 Å². The second-order valence-corrected chi connectivity index (χ2v) is 5.48. The van der Waals surface area contributed by atoms with Gasteiger partial charge in [0.15, 0.2) is 5.65 Å². The summed E-state index contributed by atoms with van der Waals surface area (Å²) in [5.74, 6) is 0. The Morgan fingerprint density at radius 2 is 1.85 bits per heavy atom. The molecule has 0 saturated heterocycles. The Bertz CT molecular complexity index is 472. The van der Waals surface area contributed by atoms with Gasteiger partial charge in [-0.2, -0.15) is 5.10 Å². The Hall–Kier alpha value is 0.680. The number of hydrogen-bond donors (Lipinski definition) is 0. The molecule has 0 spiro atoms. The van der Waals surface area contributed by atoms with E-state index in [9.17, 15) is 0 Å². The molecule has 2 rings (SSSR count). The molecule has 0 fully saturated rings. The molecule has 3 nitrogen and oxygen atoms in total. The van der Waals surface area contributed by atoms with E-state index < -0.39 is 0 Å². The molecule has 0 saturated carbocycles. The molecule has 0 aromatic carbocycles. The number of pyridine rings is 1. The molecule has 2 aromatic rings. The van der Waals surface area contributed by atoms with Crippen LogP contribution >= 0.6 is 67.8 Å². The molecule has 0 atom stereocenters. The van der Waals surface area contributed by atoms with Crippen molar-refractivity contribution in [1.82, 2.24) is 15.2 Å². The first kappa shape index (κ1) is 10.2. The summed E-state index contributed by atoms with van der Waals surface area (Å²) >= 11 is 6.81. The molecule has 0 aliphatic carbocycles. The van der Waals surface area contributed by atoms with E-state index in [4.69, 9.17) is 0 Å². The van der Waals surface area contributed by atoms with Crippen LogP contribution in [-0.4, -0.2) is 15.2 Å². The minimum atomic E-state index is 0.719. The highest BCUT2D eigenvalue weighted by Crippen LogP contribution is 2.25. The van der Waals surface area contributed by atoms with Crippen LogP contribution in [0.15, 0.2) is 12.3 Å². The number of aromatic nitrogens is 3. The third-order valence-electron chi connectivity index (χ3n) is 1.52. The van der Waals surface area contributed by atoms with Crippen molar-refractivity contribution in [3.8, 4) is 0 Å². The van der Waals surface area contributed by atoms with Crippen LogP contribution in [0.4, 0.5) is 0 Å². The second-order valence-electron chi connectivity index (χ2n) is 2.30. The fraction of sp³-hybridized carbons (Fsp3) is 0. The van der Waals surface area contributed by atoms with E-state index in [2.05, 4.69) is 83.0 Å². The smallest absolute Gasteiger partial charge is 0.183 e. The van der Waals surface area contributed by atoms with Gasteiger partial charge >= 0.3 is 0 Å². The highest BCUT2D eigenvalue weighted by atomic mass is 127. The lowest BCUT2D eigenvalue weighted by molar-refractivity contribution is 1.04. The zero-order valence-corrected chi connectivity index (χ0v) is 12.6. The van der Waals surface area contributed by atoms with E-state index in [1.54, 1.807) is 6.20 Å². The molecule has 0 unspecified atom stereocenters. The molecular weight excluding hydrogens is 507 g/mol. The second kappa shape index (κ2) is 4.04. The van der Waals surface area contributed by atoms with Gasteiger partial charge in [-0.15, -0.1) is 5.10 Å². The molecule has 2 aromatic heterocycles. The highest BCUT2D eigenvalue weighted by Gasteiger charge is 2.09. The topological polar surface area (TPSA) is 38.7 Å². The van der Waals surface area contributed by atoms with Gasteiger partial charge in [-0.1, -0.05) is 0 Å². The van der Waals surface area contributed by atoms with Gasteiger partial charge in [0.2, 0.25) is 0 Å². The average Bonchev–Trinajstić information content (AvgIpc) is 2.15. The van der Waals surface area contributed by atoms with E-state index in [-0.39, 0.29) is 0 Å². The molecule has 13 heavy (non-hydrogen) atoms. The predicted octanol–water partition coefficient (Wildman–Crippen LogP) is 2.84. The maximum Gasteiger partial charge on any atom is 0.183 e. The van der Waals surface area contributed by atoms with Crippen LogP contribution in [0.1, 0.15) is 0 Å². The first-order valence-electron chi connectivity index (χ1n) is 3.32. The largest absolute Gasteiger partial charge is 0.219 e. The SMILES string of the molecule is Ic1nc2nnccc2c(I)c1I. The predicted molar refractivity (Wildman–Crippen MR) is 75.5 cm³/mol. The van der Waals surface area contributed by atoms with Gasteiger partial charge < -0.3 is 0 Å². The Balaban J connectivity index is 2.94. The van der Waals surface area contributed by atoms with Crippen molar-refractivity contribution in [3.63, 3.8) is 0 Å². The van der Waals surface area contributed by atoms with Gasteiger partial charge in [-0.3, -0.25) is 0 Å². The van der Waals surface area contributed by atoms with Gasteiger partial charge in [0.05, 0.1) is 9.77 Å². The zero-order chi connectivity index (χ0) is 9.42. The zero-order valence-electron chi connectivity index (χ0n) is 6.13. The summed E-state index contributed by atoms with van der Waals surface area (Å²) in [7, 11) is 0. The summed E-state index contributed by atoms with van der Waals surface area (Å²) in [4.78, 5) is 4.34. The summed E-state index contributed by atoms with van der Waals surface area (Å²) < 4.78 is 3.36. The van der Waals surface area contributed by atoms with Crippen LogP contribution in [0.3, 0.4) is 0 Å². The molecule has 0 aliphatic heterocycles. The Labute approximate surface area is 116 Å². The first-order chi connectivity index (χ1) is 6.20. The minimum absolute atomic E-state index is 0.719. The monoisotopic (exact) mass is 509 g/mol. The van der Waals surface area contributed by atoms with Gasteiger partial charge in [0.25, 0.3) is 0 Å². The van der Waals surface area contributed by atoms with Crippen LogP contribution in [0.2, 0.25) is 0 Å². The summed E-state index contributed by atoms with van der Waals surface area (Å²) in [6.07, 6.45) is 1.69. The molecule has 0 bridgehead atoms. The molecule has 0 N–H and O–H groups in total. The molecule has 6 heteroatoms. The lowest BCUT2D eigenvalue weighted by Crippen LogP contribution is -1.95. The van der Waals surface area contributed by atoms with Crippen molar-refractivity contribution in [2.45, 2.75) is 0 Å². The van der Waals surface area contributed by atoms with Crippen molar-refractivity contribution in [1.29, 1.82) is 0 Å². The summed E-state index contributed by atoms with van der Waals surface area (Å²) in [5.41, 5.74) is 0.719. The lowest BCUT2D eigenvalue weighted by atomic mass is 10.3. The lowest BCUT2D eigenvalue weighted by Gasteiger charge is -2.02. The van der Waals surface area contributed by atoms with Gasteiger partial charge in [0, 0.05) is 8.96 Å². The van der Waals surface area contributed by atoms with Crippen LogP contribution in [-0.2, 0) is 0 Å². The maximum atomic E-state index is 4.34. The number of nitrogens with zero attached hydrogens (tertiary/aromatic N) is 3. The first-order valence-corrected chi connectivity index (χ1v) is 6.55. The van der Waals surface area contributed by atoms with E-state index in [0.717, 1.165) is 14.7 Å². The van der Waals surface area contributed by atoms with E-state index in [1.165, 1.54) is 7.14 Å². The van der Waals surface area contributed by atoms with E-state index >= 15 is 0 Å². The summed E-state index contributed by atoms with van der Waals surface area (Å²) in [6, 6.07) is 1.94. The third kappa shape index (κ3) is 1.89. The third-order valence-corrected chi connectivity index (χ3v) is 6.53. The van der Waals surface area contributed by atoms with Gasteiger partial charge in [-0.25, -0.2) is 4.98 Å². The summed E-state index contributed by atoms with van der Waals surface area (Å²) in [6.45, 7) is 0. The van der Waals surface area contributed by atoms with Gasteiger partial charge in [0.1, 0.15) is 3.70 Å². The Kier molecular flexibility index (Phi) is 3.18. The Morgan fingerprint density at radius 1 is 1.08 bits per heavy atom. The maximum absolute atomic E-state index is 4.34. The molecule has 66 valence electrons. The van der Waals surface area contributed by atoms with Crippen molar-refractivity contribution in [3.05, 3.63) is 23.1 Å². The fourth-order valence-electron chi connectivity index (χ4n) is 0.929. The van der Waals surface area contributed by atoms with Crippen molar-refractivity contribution >= 4 is 78.8 Å². The molecular formula is C7H2I3N3. The number of halogens is 3. The number of rotatable bonds is 0. The number of fused-ring (bicyclic) bond motifs is 1. The average molecular weight is 509 g/mol. The molecule has 2 heterocycles. The highest BCUT2D eigenvalue weighted by molar-refractivity contribution is 14.1. The van der Waals surface area contributed by atoms with Crippen LogP contribution in [0.5, 0.6) is 0 Å². The standard InChI is InChI=1S/C7H2I3N3/c8-4-3-1-2-11-13-7(3)12-6(10)5(4)9/h1-2H.